The minimum absolute atomic E-state index is 0.0279. The van der Waals surface area contributed by atoms with Crippen LogP contribution < -0.4 is 16.0 Å². The van der Waals surface area contributed by atoms with Crippen LogP contribution in [0.2, 0.25) is 0 Å². The first-order chi connectivity index (χ1) is 30.0. The second-order valence-electron chi connectivity index (χ2n) is 19.0. The largest absolute Gasteiger partial charge is 0.467 e. The van der Waals surface area contributed by atoms with Crippen LogP contribution >= 0.6 is 0 Å². The lowest BCUT2D eigenvalue weighted by molar-refractivity contribution is -0.149. The number of hydrogen-bond donors (Lipinski definition) is 3. The van der Waals surface area contributed by atoms with Crippen molar-refractivity contribution in [2.24, 2.45) is 23.7 Å². The van der Waals surface area contributed by atoms with Crippen molar-refractivity contribution < 1.29 is 47.7 Å². The summed E-state index contributed by atoms with van der Waals surface area (Å²) in [7, 11) is 7.91. The number of nitrogens with one attached hydrogen (secondary N) is 3. The Bertz CT molecular complexity index is 1640. The summed E-state index contributed by atoms with van der Waals surface area (Å²) in [5.41, 5.74) is 0.261. The summed E-state index contributed by atoms with van der Waals surface area (Å²) >= 11 is 0. The number of carbonyl (C=O) groups excluding carboxylic acids is 6. The van der Waals surface area contributed by atoms with Crippen LogP contribution in [-0.4, -0.2) is 153 Å². The second-order valence-corrected chi connectivity index (χ2v) is 19.0. The van der Waals surface area contributed by atoms with Gasteiger partial charge >= 0.3 is 12.1 Å². The van der Waals surface area contributed by atoms with E-state index in [1.54, 1.807) is 51.7 Å². The molecule has 1 aliphatic heterocycles. The fraction of sp³-hybridized carbons (Fsp3) is 0.750. The Morgan fingerprint density at radius 1 is 0.875 bits per heavy atom. The van der Waals surface area contributed by atoms with Crippen LogP contribution in [0.3, 0.4) is 0 Å². The van der Waals surface area contributed by atoms with Gasteiger partial charge < -0.3 is 44.7 Å². The standard InChI is InChI=1S/C48H82N6O10/c1-16-32(6)41(53(12)45(58)39(30(2)3)51-44(57)40(31(4)5)52(11)26-21-25-49-47(60)64-48(8,9)10)37(61-13)29-38(55)54-27-20-24-36(54)42(62-14)33(7)43(56)50-35(46(59)63-15)28-34-22-18-17-19-23-34/h17-19,22-23,30-33,35-37,39-42H,16,20-21,24-29H2,1-15H3,(H,49,60)(H,50,56)(H,51,57)/t32-,33+,35-,36?,37+,39-,40-,41-,42+/m0/s1. The van der Waals surface area contributed by atoms with Crippen molar-refractivity contribution in [3.05, 3.63) is 35.9 Å². The molecule has 0 spiro atoms. The van der Waals surface area contributed by atoms with E-state index in [4.69, 9.17) is 18.9 Å². The molecule has 1 heterocycles. The number of carbonyl (C=O) groups is 6. The maximum Gasteiger partial charge on any atom is 0.407 e. The Kier molecular flexibility index (Phi) is 23.2. The molecule has 364 valence electrons. The zero-order valence-electron chi connectivity index (χ0n) is 41.5. The third-order valence-electron chi connectivity index (χ3n) is 12.3. The van der Waals surface area contributed by atoms with Gasteiger partial charge in [0.2, 0.25) is 23.6 Å². The molecule has 0 bridgehead atoms. The van der Waals surface area contributed by atoms with Crippen LogP contribution in [0.15, 0.2) is 30.3 Å². The summed E-state index contributed by atoms with van der Waals surface area (Å²) in [5, 5.41) is 8.70. The number of alkyl carbamates (subject to hydrolysis) is 1. The van der Waals surface area contributed by atoms with Crippen LogP contribution in [0.25, 0.3) is 0 Å². The molecule has 1 aromatic rings. The fourth-order valence-electron chi connectivity index (χ4n) is 8.75. The Labute approximate surface area is 383 Å². The Hall–Kier alpha value is -4.28. The van der Waals surface area contributed by atoms with E-state index in [1.165, 1.54) is 14.2 Å². The Balaban J connectivity index is 2.24. The van der Waals surface area contributed by atoms with Gasteiger partial charge in [0.25, 0.3) is 0 Å². The van der Waals surface area contributed by atoms with Crippen molar-refractivity contribution in [2.45, 2.75) is 156 Å². The Morgan fingerprint density at radius 3 is 2.05 bits per heavy atom. The number of ether oxygens (including phenoxy) is 4. The van der Waals surface area contributed by atoms with E-state index in [9.17, 15) is 28.8 Å². The van der Waals surface area contributed by atoms with E-state index in [2.05, 4.69) is 16.0 Å². The molecule has 2 rings (SSSR count). The van der Waals surface area contributed by atoms with Crippen LogP contribution in [0.4, 0.5) is 4.79 Å². The topological polar surface area (TPSA) is 185 Å². The zero-order chi connectivity index (χ0) is 48.5. The molecule has 0 aliphatic carbocycles. The van der Waals surface area contributed by atoms with Crippen molar-refractivity contribution in [3.8, 4) is 0 Å². The van der Waals surface area contributed by atoms with Gasteiger partial charge in [-0.1, -0.05) is 85.2 Å². The quantitative estimate of drug-likeness (QED) is 0.0904. The van der Waals surface area contributed by atoms with Crippen molar-refractivity contribution in [1.82, 2.24) is 30.7 Å². The number of hydrogen-bond acceptors (Lipinski definition) is 11. The molecule has 16 nitrogen and oxygen atoms in total. The molecule has 5 amide bonds. The lowest BCUT2D eigenvalue weighted by atomic mass is 9.89. The minimum atomic E-state index is -0.909. The number of nitrogens with zero attached hydrogens (tertiary/aromatic N) is 3. The first kappa shape index (κ1) is 55.9. The van der Waals surface area contributed by atoms with Gasteiger partial charge in [-0.15, -0.1) is 0 Å². The lowest BCUT2D eigenvalue weighted by Crippen LogP contribution is -2.60. The number of benzene rings is 1. The van der Waals surface area contributed by atoms with Gasteiger partial charge in [-0.3, -0.25) is 24.1 Å². The average Bonchev–Trinajstić information content (AvgIpc) is 3.72. The molecule has 3 N–H and O–H groups in total. The summed E-state index contributed by atoms with van der Waals surface area (Å²) in [6.07, 6.45) is 0.968. The van der Waals surface area contributed by atoms with E-state index in [0.29, 0.717) is 45.3 Å². The van der Waals surface area contributed by atoms with Gasteiger partial charge in [-0.2, -0.15) is 0 Å². The van der Waals surface area contributed by atoms with E-state index in [0.717, 1.165) is 5.56 Å². The van der Waals surface area contributed by atoms with E-state index in [1.807, 2.05) is 83.8 Å². The molecule has 0 aromatic heterocycles. The third kappa shape index (κ3) is 16.6. The highest BCUT2D eigenvalue weighted by molar-refractivity contribution is 5.90. The molecule has 16 heteroatoms. The van der Waals surface area contributed by atoms with E-state index >= 15 is 0 Å². The molecule has 9 atom stereocenters. The summed E-state index contributed by atoms with van der Waals surface area (Å²) in [6.45, 7) is 20.2. The van der Waals surface area contributed by atoms with Crippen LogP contribution in [-0.2, 0) is 49.3 Å². The van der Waals surface area contributed by atoms with Gasteiger partial charge in [0.1, 0.15) is 17.7 Å². The first-order valence-electron chi connectivity index (χ1n) is 23.0. The number of rotatable bonds is 25. The fourth-order valence-corrected chi connectivity index (χ4v) is 8.75. The van der Waals surface area contributed by atoms with Crippen LogP contribution in [0.5, 0.6) is 0 Å². The van der Waals surface area contributed by atoms with Crippen molar-refractivity contribution in [3.63, 3.8) is 0 Å². The molecule has 64 heavy (non-hydrogen) atoms. The van der Waals surface area contributed by atoms with Gasteiger partial charge in [-0.25, -0.2) is 9.59 Å². The predicted molar refractivity (Wildman–Crippen MR) is 247 cm³/mol. The summed E-state index contributed by atoms with van der Waals surface area (Å²) < 4.78 is 22.4. The SMILES string of the molecule is CC[C@H](C)[C@@H]([C@@H](CC(=O)N1CCCC1[C@H](OC)[C@@H](C)C(=O)N[C@@H](Cc1ccccc1)C(=O)OC)OC)N(C)C(=O)[C@@H](NC(=O)[C@H](C(C)C)N(C)CCCNC(=O)OC(C)(C)C)C(C)C. The molecular formula is C48H82N6O10. The summed E-state index contributed by atoms with van der Waals surface area (Å²) in [6, 6.07) is 6.11. The highest BCUT2D eigenvalue weighted by Gasteiger charge is 2.43. The van der Waals surface area contributed by atoms with Gasteiger partial charge in [0.15, 0.2) is 0 Å². The number of esters is 1. The van der Waals surface area contributed by atoms with Gasteiger partial charge in [0, 0.05) is 47.3 Å². The predicted octanol–water partition coefficient (Wildman–Crippen LogP) is 4.82. The Morgan fingerprint density at radius 2 is 1.52 bits per heavy atom. The highest BCUT2D eigenvalue weighted by Crippen LogP contribution is 2.30. The molecule has 1 unspecified atom stereocenters. The smallest absolute Gasteiger partial charge is 0.407 e. The lowest BCUT2D eigenvalue weighted by Gasteiger charge is -2.41. The van der Waals surface area contributed by atoms with Crippen molar-refractivity contribution in [1.29, 1.82) is 0 Å². The molecule has 0 radical (unpaired) electrons. The number of methoxy groups -OCH3 is 3. The van der Waals surface area contributed by atoms with Crippen molar-refractivity contribution >= 4 is 35.7 Å². The first-order valence-corrected chi connectivity index (χ1v) is 23.0. The molecule has 1 saturated heterocycles. The average molecular weight is 903 g/mol. The monoisotopic (exact) mass is 903 g/mol. The number of likely N-dealkylation sites (N-methyl/N-ethyl adjacent to an activating group) is 2. The second kappa shape index (κ2) is 26.6. The molecule has 1 aliphatic rings. The number of amides is 5. The summed E-state index contributed by atoms with van der Waals surface area (Å²) in [4.78, 5) is 86.9. The normalized spacial score (nSPS) is 18.0. The van der Waals surface area contributed by atoms with Crippen molar-refractivity contribution in [2.75, 3.05) is 55.1 Å². The maximum absolute atomic E-state index is 14.6. The minimum Gasteiger partial charge on any atom is -0.467 e. The van der Waals surface area contributed by atoms with Crippen LogP contribution in [0, 0.1) is 23.7 Å². The summed E-state index contributed by atoms with van der Waals surface area (Å²) in [5.74, 6) is -2.84. The van der Waals surface area contributed by atoms with E-state index < -0.39 is 71.9 Å². The van der Waals surface area contributed by atoms with E-state index in [-0.39, 0.29) is 48.3 Å². The number of likely N-dealkylation sites (tertiary alicyclic amines) is 1. The zero-order valence-corrected chi connectivity index (χ0v) is 41.5. The maximum atomic E-state index is 14.6. The van der Waals surface area contributed by atoms with Gasteiger partial charge in [0.05, 0.1) is 49.8 Å². The third-order valence-corrected chi connectivity index (χ3v) is 12.3. The highest BCUT2D eigenvalue weighted by atomic mass is 16.6. The van der Waals surface area contributed by atoms with Crippen LogP contribution in [0.1, 0.15) is 107 Å². The molecule has 1 aromatic carbocycles. The molecular weight excluding hydrogens is 821 g/mol. The molecule has 1 fully saturated rings. The van der Waals surface area contributed by atoms with Gasteiger partial charge in [-0.05, 0) is 70.4 Å². The molecule has 0 saturated carbocycles.